The largest absolute Gasteiger partial charge is 0.508 e. The van der Waals surface area contributed by atoms with Crippen LogP contribution < -0.4 is 0 Å². The van der Waals surface area contributed by atoms with Crippen LogP contribution in [0.1, 0.15) is 52.7 Å². The van der Waals surface area contributed by atoms with Crippen LogP contribution in [-0.4, -0.2) is 5.11 Å². The fourth-order valence-corrected chi connectivity index (χ4v) is 2.53. The first-order valence-electron chi connectivity index (χ1n) is 6.87. The van der Waals surface area contributed by atoms with Crippen LogP contribution in [0.5, 0.6) is 5.75 Å². The van der Waals surface area contributed by atoms with E-state index < -0.39 is 0 Å². The minimum Gasteiger partial charge on any atom is -0.508 e. The summed E-state index contributed by atoms with van der Waals surface area (Å²) in [7, 11) is 0. The van der Waals surface area contributed by atoms with Gasteiger partial charge in [0, 0.05) is 0 Å². The second-order valence-electron chi connectivity index (χ2n) is 7.43. The van der Waals surface area contributed by atoms with Crippen LogP contribution in [-0.2, 0) is 10.8 Å². The van der Waals surface area contributed by atoms with Gasteiger partial charge in [-0.05, 0) is 44.9 Å². The molecule has 2 rings (SSSR count). The Morgan fingerprint density at radius 1 is 0.684 bits per heavy atom. The number of hydrogen-bond acceptors (Lipinski definition) is 1. The molecule has 0 fully saturated rings. The minimum atomic E-state index is 0.0995. The molecule has 102 valence electrons. The van der Waals surface area contributed by atoms with E-state index in [9.17, 15) is 5.11 Å². The Morgan fingerprint density at radius 3 is 1.63 bits per heavy atom. The van der Waals surface area contributed by atoms with Crippen molar-refractivity contribution in [3.8, 4) is 5.75 Å². The summed E-state index contributed by atoms with van der Waals surface area (Å²) in [6.07, 6.45) is 0. The van der Waals surface area contributed by atoms with E-state index in [2.05, 4.69) is 53.7 Å². The van der Waals surface area contributed by atoms with Gasteiger partial charge in [-0.2, -0.15) is 0 Å². The lowest BCUT2D eigenvalue weighted by Gasteiger charge is -2.30. The predicted molar refractivity (Wildman–Crippen MR) is 83.0 cm³/mol. The molecule has 0 aliphatic heterocycles. The van der Waals surface area contributed by atoms with Gasteiger partial charge < -0.3 is 5.11 Å². The first-order valence-corrected chi connectivity index (χ1v) is 6.87. The lowest BCUT2D eigenvalue weighted by Crippen LogP contribution is -2.21. The molecule has 0 spiro atoms. The quantitative estimate of drug-likeness (QED) is 0.692. The fourth-order valence-electron chi connectivity index (χ4n) is 2.53. The van der Waals surface area contributed by atoms with Crippen molar-refractivity contribution in [2.75, 3.05) is 0 Å². The number of fused-ring (bicyclic) bond motifs is 1. The van der Waals surface area contributed by atoms with E-state index in [0.29, 0.717) is 5.75 Å². The summed E-state index contributed by atoms with van der Waals surface area (Å²) in [5, 5.41) is 12.0. The first kappa shape index (κ1) is 13.9. The maximum absolute atomic E-state index is 9.65. The van der Waals surface area contributed by atoms with E-state index in [1.165, 1.54) is 16.5 Å². The second-order valence-corrected chi connectivity index (χ2v) is 7.43. The summed E-state index contributed by atoms with van der Waals surface area (Å²) in [4.78, 5) is 0. The van der Waals surface area contributed by atoms with E-state index in [1.54, 1.807) is 6.07 Å². The summed E-state index contributed by atoms with van der Waals surface area (Å²) < 4.78 is 0. The van der Waals surface area contributed by atoms with Gasteiger partial charge in [-0.25, -0.2) is 0 Å². The zero-order valence-corrected chi connectivity index (χ0v) is 12.8. The van der Waals surface area contributed by atoms with E-state index in [-0.39, 0.29) is 10.8 Å². The molecule has 1 N–H and O–H groups in total. The van der Waals surface area contributed by atoms with Gasteiger partial charge in [0.1, 0.15) is 5.75 Å². The van der Waals surface area contributed by atoms with Crippen LogP contribution in [0.2, 0.25) is 0 Å². The van der Waals surface area contributed by atoms with Gasteiger partial charge in [-0.3, -0.25) is 0 Å². The Hall–Kier alpha value is -1.50. The molecule has 0 heterocycles. The highest BCUT2D eigenvalue weighted by Crippen LogP contribution is 2.37. The Balaban J connectivity index is 2.82. The summed E-state index contributed by atoms with van der Waals surface area (Å²) in [6.45, 7) is 13.5. The van der Waals surface area contributed by atoms with Gasteiger partial charge in [0.2, 0.25) is 0 Å². The summed E-state index contributed by atoms with van der Waals surface area (Å²) in [5.41, 5.74) is 2.97. The van der Waals surface area contributed by atoms with Crippen molar-refractivity contribution < 1.29 is 5.11 Å². The van der Waals surface area contributed by atoms with Crippen LogP contribution in [0.15, 0.2) is 30.3 Å². The zero-order valence-electron chi connectivity index (χ0n) is 12.8. The molecule has 0 saturated carbocycles. The monoisotopic (exact) mass is 256 g/mol. The Kier molecular flexibility index (Phi) is 3.12. The third-order valence-corrected chi connectivity index (χ3v) is 3.58. The van der Waals surface area contributed by atoms with Gasteiger partial charge in [-0.15, -0.1) is 0 Å². The third kappa shape index (κ3) is 2.75. The normalized spacial score (nSPS) is 12.9. The zero-order chi connectivity index (χ0) is 14.4. The van der Waals surface area contributed by atoms with E-state index in [4.69, 9.17) is 0 Å². The molecule has 2 aromatic carbocycles. The molecule has 2 aromatic rings. The fraction of sp³-hybridized carbons (Fsp3) is 0.444. The molecule has 1 heteroatoms. The van der Waals surface area contributed by atoms with Crippen molar-refractivity contribution >= 4 is 10.8 Å². The second kappa shape index (κ2) is 4.26. The van der Waals surface area contributed by atoms with Crippen molar-refractivity contribution in [1.82, 2.24) is 0 Å². The Labute approximate surface area is 116 Å². The van der Waals surface area contributed by atoms with Gasteiger partial charge in [-0.1, -0.05) is 59.7 Å². The molecule has 0 amide bonds. The van der Waals surface area contributed by atoms with Crippen LogP contribution in [0.25, 0.3) is 10.8 Å². The molecule has 0 bridgehead atoms. The highest BCUT2D eigenvalue weighted by atomic mass is 16.3. The lowest BCUT2D eigenvalue weighted by atomic mass is 9.74. The van der Waals surface area contributed by atoms with Crippen LogP contribution in [0.4, 0.5) is 0 Å². The summed E-state index contributed by atoms with van der Waals surface area (Å²) in [6, 6.07) is 10.1. The molecule has 19 heavy (non-hydrogen) atoms. The van der Waals surface area contributed by atoms with Crippen molar-refractivity contribution in [2.45, 2.75) is 52.4 Å². The van der Waals surface area contributed by atoms with Crippen LogP contribution in [0, 0.1) is 0 Å². The number of phenols is 1. The number of aromatic hydroxyl groups is 1. The molecule has 0 aliphatic carbocycles. The number of phenolic OH excluding ortho intramolecular Hbond substituents is 1. The first-order chi connectivity index (χ1) is 8.59. The summed E-state index contributed by atoms with van der Waals surface area (Å²) in [5.74, 6) is 0.330. The Morgan fingerprint density at radius 2 is 1.16 bits per heavy atom. The third-order valence-electron chi connectivity index (χ3n) is 3.58. The molecule has 0 atom stereocenters. The van der Waals surface area contributed by atoms with Gasteiger partial charge in [0.05, 0.1) is 0 Å². The van der Waals surface area contributed by atoms with Crippen molar-refractivity contribution in [2.24, 2.45) is 0 Å². The molecule has 0 aliphatic rings. The maximum Gasteiger partial charge on any atom is 0.116 e. The standard InChI is InChI=1S/C18H24O/c1-17(2,3)15-10-12-7-8-14(19)9-13(12)11-16(15)18(4,5)6/h7-11,19H,1-6H3. The van der Waals surface area contributed by atoms with Crippen molar-refractivity contribution in [3.05, 3.63) is 41.5 Å². The molecule has 0 saturated heterocycles. The molecule has 0 radical (unpaired) electrons. The molecular formula is C18H24O. The van der Waals surface area contributed by atoms with Gasteiger partial charge >= 0.3 is 0 Å². The number of benzene rings is 2. The van der Waals surface area contributed by atoms with E-state index in [0.717, 1.165) is 5.39 Å². The smallest absolute Gasteiger partial charge is 0.116 e. The highest BCUT2D eigenvalue weighted by Gasteiger charge is 2.25. The molecule has 0 unspecified atom stereocenters. The van der Waals surface area contributed by atoms with Crippen molar-refractivity contribution in [3.63, 3.8) is 0 Å². The van der Waals surface area contributed by atoms with Crippen LogP contribution in [0.3, 0.4) is 0 Å². The number of rotatable bonds is 0. The Bertz CT molecular complexity index is 610. The predicted octanol–water partition coefficient (Wildman–Crippen LogP) is 5.14. The average molecular weight is 256 g/mol. The molecular weight excluding hydrogens is 232 g/mol. The summed E-state index contributed by atoms with van der Waals surface area (Å²) >= 11 is 0. The van der Waals surface area contributed by atoms with E-state index >= 15 is 0 Å². The SMILES string of the molecule is CC(C)(C)c1cc2ccc(O)cc2cc1C(C)(C)C. The van der Waals surface area contributed by atoms with E-state index in [1.807, 2.05) is 12.1 Å². The molecule has 1 nitrogen and oxygen atoms in total. The van der Waals surface area contributed by atoms with Gasteiger partial charge in [0.15, 0.2) is 0 Å². The maximum atomic E-state index is 9.65. The highest BCUT2D eigenvalue weighted by molar-refractivity contribution is 5.86. The van der Waals surface area contributed by atoms with Gasteiger partial charge in [0.25, 0.3) is 0 Å². The average Bonchev–Trinajstić information content (AvgIpc) is 2.24. The lowest BCUT2D eigenvalue weighted by molar-refractivity contribution is 0.476. The number of hydrogen-bond donors (Lipinski definition) is 1. The minimum absolute atomic E-state index is 0.0995. The van der Waals surface area contributed by atoms with Crippen molar-refractivity contribution in [1.29, 1.82) is 0 Å². The van der Waals surface area contributed by atoms with Crippen LogP contribution >= 0.6 is 0 Å². The molecule has 0 aromatic heterocycles. The topological polar surface area (TPSA) is 20.2 Å².